The van der Waals surface area contributed by atoms with Gasteiger partial charge in [-0.25, -0.2) is 13.1 Å². The van der Waals surface area contributed by atoms with Gasteiger partial charge in [-0.15, -0.1) is 0 Å². The Morgan fingerprint density at radius 3 is 2.59 bits per heavy atom. The summed E-state index contributed by atoms with van der Waals surface area (Å²) in [6.45, 7) is 2.35. The molecule has 124 valence electrons. The van der Waals surface area contributed by atoms with E-state index in [0.29, 0.717) is 19.0 Å². The molecule has 8 heteroatoms. The highest BCUT2D eigenvalue weighted by molar-refractivity contribution is 7.89. The Balaban J connectivity index is 1.96. The van der Waals surface area contributed by atoms with Crippen molar-refractivity contribution in [3.8, 4) is 0 Å². The van der Waals surface area contributed by atoms with Crippen molar-refractivity contribution in [3.63, 3.8) is 0 Å². The highest BCUT2D eigenvalue weighted by Crippen LogP contribution is 2.22. The maximum absolute atomic E-state index is 12.4. The van der Waals surface area contributed by atoms with Crippen LogP contribution in [0.5, 0.6) is 0 Å². The summed E-state index contributed by atoms with van der Waals surface area (Å²) in [5.74, 6) is 0.459. The Hall–Kier alpha value is -1.38. The smallest absolute Gasteiger partial charge is 0.289 e. The van der Waals surface area contributed by atoms with Crippen LogP contribution in [-0.4, -0.2) is 53.0 Å². The van der Waals surface area contributed by atoms with E-state index in [0.717, 1.165) is 25.8 Å². The fourth-order valence-electron chi connectivity index (χ4n) is 2.61. The van der Waals surface area contributed by atoms with Gasteiger partial charge in [0, 0.05) is 13.1 Å². The van der Waals surface area contributed by atoms with Gasteiger partial charge in [-0.3, -0.25) is 4.79 Å². The van der Waals surface area contributed by atoms with Gasteiger partial charge in [-0.1, -0.05) is 0 Å². The van der Waals surface area contributed by atoms with Gasteiger partial charge in [0.25, 0.3) is 15.9 Å². The first kappa shape index (κ1) is 17.0. The van der Waals surface area contributed by atoms with Crippen molar-refractivity contribution in [2.45, 2.75) is 24.4 Å². The molecule has 1 amide bonds. The Morgan fingerprint density at radius 1 is 1.32 bits per heavy atom. The lowest BCUT2D eigenvalue weighted by molar-refractivity contribution is 0.0649. The second kappa shape index (κ2) is 7.26. The van der Waals surface area contributed by atoms with Crippen molar-refractivity contribution in [1.82, 2.24) is 14.9 Å². The van der Waals surface area contributed by atoms with Crippen LogP contribution < -0.4 is 10.0 Å². The first-order chi connectivity index (χ1) is 10.5. The van der Waals surface area contributed by atoms with E-state index in [2.05, 4.69) is 10.0 Å². The van der Waals surface area contributed by atoms with Crippen LogP contribution in [0.25, 0.3) is 0 Å². The predicted molar refractivity (Wildman–Crippen MR) is 82.1 cm³/mol. The average molecular weight is 329 g/mol. The van der Waals surface area contributed by atoms with Gasteiger partial charge in [0.15, 0.2) is 5.76 Å². The summed E-state index contributed by atoms with van der Waals surface area (Å²) in [5, 5.41) is 2.90. The second-order valence-corrected chi connectivity index (χ2v) is 7.27. The fraction of sp³-hybridized carbons (Fsp3) is 0.643. The van der Waals surface area contributed by atoms with E-state index in [9.17, 15) is 13.2 Å². The van der Waals surface area contributed by atoms with E-state index >= 15 is 0 Å². The van der Waals surface area contributed by atoms with Gasteiger partial charge < -0.3 is 14.6 Å². The predicted octanol–water partition coefficient (Wildman–Crippen LogP) is 0.649. The minimum Gasteiger partial charge on any atom is -0.438 e. The summed E-state index contributed by atoms with van der Waals surface area (Å²) in [6.07, 6.45) is 3.05. The van der Waals surface area contributed by atoms with Gasteiger partial charge in [-0.2, -0.15) is 0 Å². The second-order valence-electron chi connectivity index (χ2n) is 5.45. The number of carbonyl (C=O) groups is 1. The Bertz CT molecular complexity index is 603. The molecule has 0 bridgehead atoms. The largest absolute Gasteiger partial charge is 0.438 e. The number of piperidine rings is 1. The third kappa shape index (κ3) is 3.88. The maximum Gasteiger partial charge on any atom is 0.289 e. The molecule has 1 aliphatic heterocycles. The van der Waals surface area contributed by atoms with Crippen molar-refractivity contribution < 1.29 is 17.6 Å². The number of furan rings is 1. The van der Waals surface area contributed by atoms with Gasteiger partial charge >= 0.3 is 0 Å². The van der Waals surface area contributed by atoms with Gasteiger partial charge in [-0.05, 0) is 58.0 Å². The SMILES string of the molecule is CNCCC1CCN(C(=O)c2ccc(S(=O)(=O)NC)o2)CC1. The fourth-order valence-corrected chi connectivity index (χ4v) is 3.26. The Kier molecular flexibility index (Phi) is 5.60. The van der Waals surface area contributed by atoms with Crippen molar-refractivity contribution in [1.29, 1.82) is 0 Å². The summed E-state index contributed by atoms with van der Waals surface area (Å²) in [5.41, 5.74) is 0. The normalized spacial score (nSPS) is 16.9. The molecule has 1 aromatic heterocycles. The highest BCUT2D eigenvalue weighted by atomic mass is 32.2. The molecule has 22 heavy (non-hydrogen) atoms. The molecule has 0 saturated carbocycles. The first-order valence-electron chi connectivity index (χ1n) is 7.45. The number of sulfonamides is 1. The third-order valence-corrected chi connectivity index (χ3v) is 5.32. The molecule has 7 nitrogen and oxygen atoms in total. The molecular weight excluding hydrogens is 306 g/mol. The number of nitrogens with one attached hydrogen (secondary N) is 2. The van der Waals surface area contributed by atoms with Crippen molar-refractivity contribution >= 4 is 15.9 Å². The first-order valence-corrected chi connectivity index (χ1v) is 8.93. The lowest BCUT2D eigenvalue weighted by Crippen LogP contribution is -2.38. The topological polar surface area (TPSA) is 91.7 Å². The molecular formula is C14H23N3O4S. The maximum atomic E-state index is 12.4. The van der Waals surface area contributed by atoms with Crippen LogP contribution in [0.3, 0.4) is 0 Å². The van der Waals surface area contributed by atoms with E-state index in [1.807, 2.05) is 7.05 Å². The van der Waals surface area contributed by atoms with Crippen LogP contribution >= 0.6 is 0 Å². The lowest BCUT2D eigenvalue weighted by Gasteiger charge is -2.31. The van der Waals surface area contributed by atoms with Crippen molar-refractivity contribution in [3.05, 3.63) is 17.9 Å². The summed E-state index contributed by atoms with van der Waals surface area (Å²) in [6, 6.07) is 2.72. The summed E-state index contributed by atoms with van der Waals surface area (Å²) in [4.78, 5) is 14.1. The van der Waals surface area contributed by atoms with E-state index in [4.69, 9.17) is 4.42 Å². The molecule has 1 fully saturated rings. The summed E-state index contributed by atoms with van der Waals surface area (Å²) in [7, 11) is -0.417. The molecule has 1 saturated heterocycles. The zero-order valence-electron chi connectivity index (χ0n) is 13.0. The van der Waals surface area contributed by atoms with Crippen molar-refractivity contribution in [2.75, 3.05) is 33.7 Å². The molecule has 0 unspecified atom stereocenters. The molecule has 0 aliphatic carbocycles. The molecule has 0 radical (unpaired) electrons. The minimum absolute atomic E-state index is 0.0718. The quantitative estimate of drug-likeness (QED) is 0.799. The Labute approximate surface area is 131 Å². The molecule has 0 spiro atoms. The van der Waals surface area contributed by atoms with Gasteiger partial charge in [0.05, 0.1) is 0 Å². The van der Waals surface area contributed by atoms with E-state index in [1.165, 1.54) is 19.2 Å². The number of amides is 1. The van der Waals surface area contributed by atoms with Crippen LogP contribution in [0, 0.1) is 5.92 Å². The van der Waals surface area contributed by atoms with Crippen LogP contribution in [0.4, 0.5) is 0 Å². The minimum atomic E-state index is -3.66. The zero-order chi connectivity index (χ0) is 16.2. The molecule has 2 heterocycles. The number of hydrogen-bond donors (Lipinski definition) is 2. The van der Waals surface area contributed by atoms with E-state index in [1.54, 1.807) is 4.90 Å². The third-order valence-electron chi connectivity index (χ3n) is 4.03. The standard InChI is InChI=1S/C14H23N3O4S/c1-15-8-5-11-6-9-17(10-7-11)14(18)12-3-4-13(21-12)22(19,20)16-2/h3-4,11,15-16H,5-10H2,1-2H3. The molecule has 0 aromatic carbocycles. The van der Waals surface area contributed by atoms with E-state index in [-0.39, 0.29) is 16.8 Å². The highest BCUT2D eigenvalue weighted by Gasteiger charge is 2.26. The Morgan fingerprint density at radius 2 is 2.00 bits per heavy atom. The average Bonchev–Trinajstić information content (AvgIpc) is 3.03. The monoisotopic (exact) mass is 329 g/mol. The van der Waals surface area contributed by atoms with Crippen LogP contribution in [0.1, 0.15) is 29.8 Å². The number of carbonyl (C=O) groups excluding carboxylic acids is 1. The lowest BCUT2D eigenvalue weighted by atomic mass is 9.93. The number of likely N-dealkylation sites (tertiary alicyclic amines) is 1. The zero-order valence-corrected chi connectivity index (χ0v) is 13.8. The van der Waals surface area contributed by atoms with Gasteiger partial charge in [0.2, 0.25) is 5.09 Å². The van der Waals surface area contributed by atoms with Crippen molar-refractivity contribution in [2.24, 2.45) is 5.92 Å². The molecule has 0 atom stereocenters. The summed E-state index contributed by atoms with van der Waals surface area (Å²) >= 11 is 0. The van der Waals surface area contributed by atoms with E-state index < -0.39 is 10.0 Å². The summed E-state index contributed by atoms with van der Waals surface area (Å²) < 4.78 is 30.6. The van der Waals surface area contributed by atoms with Crippen LogP contribution in [0.15, 0.2) is 21.6 Å². The number of nitrogens with zero attached hydrogens (tertiary/aromatic N) is 1. The van der Waals surface area contributed by atoms with Crippen LogP contribution in [0.2, 0.25) is 0 Å². The molecule has 2 rings (SSSR count). The molecule has 1 aromatic rings. The number of rotatable bonds is 6. The molecule has 1 aliphatic rings. The number of hydrogen-bond acceptors (Lipinski definition) is 5. The molecule has 2 N–H and O–H groups in total. The van der Waals surface area contributed by atoms with Crippen LogP contribution in [-0.2, 0) is 10.0 Å². The van der Waals surface area contributed by atoms with Gasteiger partial charge in [0.1, 0.15) is 0 Å².